The Labute approximate surface area is 248 Å². The molecule has 2 aromatic rings. The van der Waals surface area contributed by atoms with Crippen molar-refractivity contribution in [3.8, 4) is 5.75 Å². The van der Waals surface area contributed by atoms with Crippen LogP contribution in [0.2, 0.25) is 5.02 Å². The molecule has 0 bridgehead atoms. The van der Waals surface area contributed by atoms with Crippen LogP contribution in [0.1, 0.15) is 48.5 Å². The summed E-state index contributed by atoms with van der Waals surface area (Å²) in [6.45, 7) is -0.871. The van der Waals surface area contributed by atoms with Crippen molar-refractivity contribution < 1.29 is 43.5 Å². The molecule has 2 aliphatic heterocycles. The fourth-order valence-corrected chi connectivity index (χ4v) is 6.09. The van der Waals surface area contributed by atoms with Crippen molar-refractivity contribution in [3.63, 3.8) is 0 Å². The number of nitrogens with one attached hydrogen (secondary N) is 1. The molecule has 0 aromatic heterocycles. The van der Waals surface area contributed by atoms with Crippen molar-refractivity contribution in [2.75, 3.05) is 26.2 Å². The lowest BCUT2D eigenvalue weighted by Crippen LogP contribution is -2.55. The van der Waals surface area contributed by atoms with Gasteiger partial charge in [0.25, 0.3) is 5.92 Å². The highest BCUT2D eigenvalue weighted by Gasteiger charge is 2.44. The topological polar surface area (TPSA) is 132 Å². The summed E-state index contributed by atoms with van der Waals surface area (Å²) in [6, 6.07) is 12.8. The molecule has 1 amide bonds. The second-order valence-corrected chi connectivity index (χ2v) is 11.9. The van der Waals surface area contributed by atoms with Crippen molar-refractivity contribution in [2.45, 2.75) is 80.7 Å². The number of ether oxygens (including phenoxy) is 2. The van der Waals surface area contributed by atoms with Crippen LogP contribution in [0, 0.1) is 0 Å². The van der Waals surface area contributed by atoms with Crippen LogP contribution in [-0.4, -0.2) is 100.0 Å². The van der Waals surface area contributed by atoms with Crippen LogP contribution in [-0.2, 0) is 16.0 Å². The van der Waals surface area contributed by atoms with Crippen molar-refractivity contribution in [2.24, 2.45) is 0 Å². The number of hydrogen-bond acceptors (Lipinski definition) is 8. The zero-order chi connectivity index (χ0) is 30.0. The third-order valence-electron chi connectivity index (χ3n) is 8.36. The van der Waals surface area contributed by atoms with Crippen molar-refractivity contribution in [3.05, 3.63) is 64.2 Å². The number of nitrogens with zero attached hydrogens (tertiary/aromatic N) is 1. The Kier molecular flexibility index (Phi) is 9.68. The molecule has 5 rings (SSSR count). The van der Waals surface area contributed by atoms with Crippen LogP contribution in [0.15, 0.2) is 42.5 Å². The van der Waals surface area contributed by atoms with E-state index in [1.165, 1.54) is 4.90 Å². The highest BCUT2D eigenvalue weighted by molar-refractivity contribution is 6.31. The first-order chi connectivity index (χ1) is 20.0. The lowest BCUT2D eigenvalue weighted by Gasteiger charge is -2.40. The molecular weight excluding hydrogens is 574 g/mol. The molecule has 2 saturated heterocycles. The van der Waals surface area contributed by atoms with Crippen LogP contribution in [0.3, 0.4) is 0 Å². The molecule has 7 atom stereocenters. The molecule has 9 nitrogen and oxygen atoms in total. The fourth-order valence-electron chi connectivity index (χ4n) is 5.91. The quantitative estimate of drug-likeness (QED) is 0.292. The number of benzene rings is 2. The van der Waals surface area contributed by atoms with Crippen LogP contribution in [0.5, 0.6) is 5.75 Å². The van der Waals surface area contributed by atoms with Gasteiger partial charge in [0.1, 0.15) is 42.4 Å². The maximum absolute atomic E-state index is 13.4. The Bertz CT molecular complexity index is 1230. The molecule has 0 radical (unpaired) electrons. The van der Waals surface area contributed by atoms with Gasteiger partial charge < -0.3 is 40.1 Å². The number of carbonyl (C=O) groups excluding carboxylic acids is 1. The van der Waals surface area contributed by atoms with Crippen LogP contribution < -0.4 is 10.1 Å². The minimum Gasteiger partial charge on any atom is -0.490 e. The number of alkyl halides is 2. The normalized spacial score (nSPS) is 30.9. The highest BCUT2D eigenvalue weighted by atomic mass is 35.5. The minimum absolute atomic E-state index is 0.0239. The van der Waals surface area contributed by atoms with E-state index in [9.17, 15) is 34.0 Å². The molecule has 2 heterocycles. The maximum atomic E-state index is 13.4. The van der Waals surface area contributed by atoms with E-state index in [0.29, 0.717) is 29.2 Å². The van der Waals surface area contributed by atoms with Gasteiger partial charge in [-0.25, -0.2) is 8.78 Å². The molecule has 230 valence electrons. The Balaban J connectivity index is 1.13. The first-order valence-corrected chi connectivity index (χ1v) is 14.6. The summed E-state index contributed by atoms with van der Waals surface area (Å²) < 4.78 is 38.6. The van der Waals surface area contributed by atoms with E-state index >= 15 is 0 Å². The lowest BCUT2D eigenvalue weighted by molar-refractivity contribution is -0.231. The number of hydrogen-bond donors (Lipinski definition) is 5. The number of likely N-dealkylation sites (tertiary alicyclic amines) is 1. The number of carbonyl (C=O) groups is 1. The first kappa shape index (κ1) is 31.1. The molecule has 3 fully saturated rings. The molecule has 0 unspecified atom stereocenters. The van der Waals surface area contributed by atoms with E-state index in [0.717, 1.165) is 24.0 Å². The SMILES string of the molecule is O=C(CN[C@H]1CC[C@H](Oc2ccc(Cc3cc([C@@H]4O[C@H](CO)[C@@H](O)[C@H](O)[C@H]4O)ccc3Cl)cc2)C1)N1CCC(F)(F)C1. The molecule has 1 saturated carbocycles. The van der Waals surface area contributed by atoms with Gasteiger partial charge in [0.15, 0.2) is 0 Å². The van der Waals surface area contributed by atoms with Gasteiger partial charge in [-0.1, -0.05) is 35.9 Å². The summed E-state index contributed by atoms with van der Waals surface area (Å²) in [6.07, 6.45) is -3.68. The summed E-state index contributed by atoms with van der Waals surface area (Å²) in [5.74, 6) is -2.38. The average molecular weight is 611 g/mol. The van der Waals surface area contributed by atoms with E-state index in [2.05, 4.69) is 5.32 Å². The summed E-state index contributed by atoms with van der Waals surface area (Å²) in [7, 11) is 0. The summed E-state index contributed by atoms with van der Waals surface area (Å²) in [4.78, 5) is 13.5. The lowest BCUT2D eigenvalue weighted by atomic mass is 9.90. The number of aliphatic hydroxyl groups is 4. The van der Waals surface area contributed by atoms with Crippen LogP contribution in [0.4, 0.5) is 8.78 Å². The van der Waals surface area contributed by atoms with E-state index in [4.69, 9.17) is 21.1 Å². The Morgan fingerprint density at radius 3 is 2.55 bits per heavy atom. The minimum atomic E-state index is -2.79. The molecule has 2 aromatic carbocycles. The van der Waals surface area contributed by atoms with Gasteiger partial charge in [-0.15, -0.1) is 0 Å². The van der Waals surface area contributed by atoms with E-state index < -0.39 is 49.6 Å². The van der Waals surface area contributed by atoms with Crippen LogP contribution >= 0.6 is 11.6 Å². The Hall–Kier alpha value is -2.38. The summed E-state index contributed by atoms with van der Waals surface area (Å²) in [5.41, 5.74) is 2.31. The second-order valence-electron chi connectivity index (χ2n) is 11.5. The number of halogens is 3. The van der Waals surface area contributed by atoms with Gasteiger partial charge in [-0.2, -0.15) is 0 Å². The summed E-state index contributed by atoms with van der Waals surface area (Å²) in [5, 5.41) is 43.9. The van der Waals surface area contributed by atoms with Gasteiger partial charge in [0.05, 0.1) is 19.7 Å². The van der Waals surface area contributed by atoms with Crippen LogP contribution in [0.25, 0.3) is 0 Å². The van der Waals surface area contributed by atoms with Crippen molar-refractivity contribution >= 4 is 17.5 Å². The molecule has 3 aliphatic rings. The molecule has 42 heavy (non-hydrogen) atoms. The zero-order valence-electron chi connectivity index (χ0n) is 23.0. The van der Waals surface area contributed by atoms with Gasteiger partial charge in [0, 0.05) is 24.0 Å². The molecule has 0 spiro atoms. The van der Waals surface area contributed by atoms with Gasteiger partial charge in [0.2, 0.25) is 5.91 Å². The fraction of sp³-hybridized carbons (Fsp3) is 0.567. The third-order valence-corrected chi connectivity index (χ3v) is 8.73. The number of amides is 1. The molecule has 5 N–H and O–H groups in total. The monoisotopic (exact) mass is 610 g/mol. The zero-order valence-corrected chi connectivity index (χ0v) is 23.8. The molecule has 1 aliphatic carbocycles. The first-order valence-electron chi connectivity index (χ1n) is 14.3. The second kappa shape index (κ2) is 13.1. The Morgan fingerprint density at radius 2 is 1.86 bits per heavy atom. The van der Waals surface area contributed by atoms with Gasteiger partial charge >= 0.3 is 0 Å². The number of aliphatic hydroxyl groups excluding tert-OH is 4. The smallest absolute Gasteiger partial charge is 0.267 e. The van der Waals surface area contributed by atoms with Gasteiger partial charge in [-0.3, -0.25) is 4.79 Å². The van der Waals surface area contributed by atoms with Crippen molar-refractivity contribution in [1.82, 2.24) is 10.2 Å². The third kappa shape index (κ3) is 7.21. The molecular formula is C30H37ClF2N2O7. The van der Waals surface area contributed by atoms with Crippen molar-refractivity contribution in [1.29, 1.82) is 0 Å². The van der Waals surface area contributed by atoms with E-state index in [1.807, 2.05) is 24.3 Å². The summed E-state index contributed by atoms with van der Waals surface area (Å²) >= 11 is 6.46. The standard InChI is InChI=1S/C30H37ClF2N2O7/c31-23-8-3-18(29-28(40)27(39)26(38)24(15-36)42-29)12-19(23)11-17-1-5-21(6-2-17)41-22-7-4-20(13-22)34-14-25(37)35-10-9-30(32,33)16-35/h1-3,5-6,8,12,20,22,24,26-29,34,36,38-40H,4,7,9-11,13-16H2/t20-,22-,24+,26+,27-,28+,29-/m0/s1. The highest BCUT2D eigenvalue weighted by Crippen LogP contribution is 2.35. The predicted octanol–water partition coefficient (Wildman–Crippen LogP) is 2.20. The van der Waals surface area contributed by atoms with E-state index in [-0.39, 0.29) is 37.6 Å². The Morgan fingerprint density at radius 1 is 1.10 bits per heavy atom. The molecule has 12 heteroatoms. The average Bonchev–Trinajstić information content (AvgIpc) is 3.58. The predicted molar refractivity (Wildman–Crippen MR) is 150 cm³/mol. The van der Waals surface area contributed by atoms with E-state index in [1.54, 1.807) is 18.2 Å². The maximum Gasteiger partial charge on any atom is 0.267 e. The number of rotatable bonds is 9. The van der Waals surface area contributed by atoms with Gasteiger partial charge in [-0.05, 0) is 60.6 Å². The largest absolute Gasteiger partial charge is 0.490 e.